The molecule has 0 aliphatic carbocycles. The first kappa shape index (κ1) is 12.7. The summed E-state index contributed by atoms with van der Waals surface area (Å²) in [5, 5.41) is 0. The van der Waals surface area contributed by atoms with Crippen LogP contribution in [0.1, 0.15) is 19.3 Å². The normalized spacial score (nSPS) is 14.9. The molecule has 1 fully saturated rings. The van der Waals surface area contributed by atoms with Crippen molar-refractivity contribution < 1.29 is 14.3 Å². The van der Waals surface area contributed by atoms with Crippen molar-refractivity contribution in [1.29, 1.82) is 0 Å². The van der Waals surface area contributed by atoms with E-state index in [2.05, 4.69) is 0 Å². The van der Waals surface area contributed by atoms with Crippen molar-refractivity contribution in [2.75, 3.05) is 26.8 Å². The Labute approximate surface area is 107 Å². The molecule has 0 bridgehead atoms. The predicted octanol–water partition coefficient (Wildman–Crippen LogP) is 2.09. The van der Waals surface area contributed by atoms with Gasteiger partial charge >= 0.3 is 0 Å². The second kappa shape index (κ2) is 6.28. The van der Waals surface area contributed by atoms with E-state index in [0.29, 0.717) is 13.0 Å². The first-order chi connectivity index (χ1) is 8.81. The highest BCUT2D eigenvalue weighted by Gasteiger charge is 2.19. The van der Waals surface area contributed by atoms with Crippen molar-refractivity contribution in [3.8, 4) is 11.5 Å². The lowest BCUT2D eigenvalue weighted by molar-refractivity contribution is -0.127. The number of carbonyl (C=O) groups is 1. The minimum atomic E-state index is 0.271. The number of amides is 1. The fourth-order valence-corrected chi connectivity index (χ4v) is 2.12. The molecule has 4 heteroatoms. The molecule has 4 nitrogen and oxygen atoms in total. The van der Waals surface area contributed by atoms with Crippen LogP contribution < -0.4 is 9.47 Å². The number of ether oxygens (including phenoxy) is 2. The summed E-state index contributed by atoms with van der Waals surface area (Å²) in [6.45, 7) is 2.28. The Bertz CT molecular complexity index is 406. The van der Waals surface area contributed by atoms with E-state index >= 15 is 0 Å². The quantitative estimate of drug-likeness (QED) is 0.725. The molecule has 1 aromatic rings. The third-order valence-corrected chi connectivity index (χ3v) is 3.07. The third-order valence-electron chi connectivity index (χ3n) is 3.07. The lowest BCUT2D eigenvalue weighted by Crippen LogP contribution is -2.26. The molecule has 1 amide bonds. The first-order valence-electron chi connectivity index (χ1n) is 6.35. The van der Waals surface area contributed by atoms with Gasteiger partial charge in [0.25, 0.3) is 0 Å². The topological polar surface area (TPSA) is 38.8 Å². The van der Waals surface area contributed by atoms with Crippen molar-refractivity contribution in [2.24, 2.45) is 0 Å². The first-order valence-corrected chi connectivity index (χ1v) is 6.35. The Kier molecular flexibility index (Phi) is 4.45. The summed E-state index contributed by atoms with van der Waals surface area (Å²) >= 11 is 0. The molecule has 0 radical (unpaired) electrons. The van der Waals surface area contributed by atoms with Crippen molar-refractivity contribution in [2.45, 2.75) is 19.3 Å². The molecule has 0 N–H and O–H groups in total. The molecule has 1 aromatic carbocycles. The number of carbonyl (C=O) groups excluding carboxylic acids is 1. The molecule has 18 heavy (non-hydrogen) atoms. The Morgan fingerprint density at radius 3 is 2.72 bits per heavy atom. The lowest BCUT2D eigenvalue weighted by atomic mass is 10.3. The van der Waals surface area contributed by atoms with E-state index in [4.69, 9.17) is 9.47 Å². The van der Waals surface area contributed by atoms with E-state index in [0.717, 1.165) is 37.4 Å². The van der Waals surface area contributed by atoms with Gasteiger partial charge in [-0.3, -0.25) is 4.79 Å². The maximum Gasteiger partial charge on any atom is 0.222 e. The van der Waals surface area contributed by atoms with Gasteiger partial charge in [0, 0.05) is 19.5 Å². The van der Waals surface area contributed by atoms with E-state index in [-0.39, 0.29) is 5.91 Å². The fourth-order valence-electron chi connectivity index (χ4n) is 2.12. The zero-order chi connectivity index (χ0) is 12.8. The van der Waals surface area contributed by atoms with Crippen molar-refractivity contribution in [1.82, 2.24) is 4.90 Å². The van der Waals surface area contributed by atoms with Gasteiger partial charge in [0.1, 0.15) is 0 Å². The summed E-state index contributed by atoms with van der Waals surface area (Å²) in [7, 11) is 1.63. The van der Waals surface area contributed by atoms with Gasteiger partial charge in [-0.05, 0) is 25.0 Å². The molecule has 0 atom stereocenters. The summed E-state index contributed by atoms with van der Waals surface area (Å²) in [6.07, 6.45) is 2.54. The van der Waals surface area contributed by atoms with Gasteiger partial charge in [0.2, 0.25) is 5.91 Å². The molecule has 0 aromatic heterocycles. The van der Waals surface area contributed by atoms with Crippen LogP contribution in [0.4, 0.5) is 0 Å². The molecular formula is C14H19NO3. The number of rotatable bonds is 6. The van der Waals surface area contributed by atoms with Gasteiger partial charge in [-0.15, -0.1) is 0 Å². The highest BCUT2D eigenvalue weighted by atomic mass is 16.5. The average molecular weight is 249 g/mol. The van der Waals surface area contributed by atoms with Crippen LogP contribution in [0, 0.1) is 0 Å². The Morgan fingerprint density at radius 1 is 1.28 bits per heavy atom. The van der Waals surface area contributed by atoms with Crippen LogP contribution in [0.5, 0.6) is 11.5 Å². The Hall–Kier alpha value is -1.71. The van der Waals surface area contributed by atoms with Gasteiger partial charge in [-0.2, -0.15) is 0 Å². The Morgan fingerprint density at radius 2 is 2.06 bits per heavy atom. The maximum absolute atomic E-state index is 11.4. The standard InChI is InChI=1S/C14H19NO3/c1-17-12-6-2-3-7-13(12)18-11-5-10-15-9-4-8-14(15)16/h2-3,6-7H,4-5,8-11H2,1H3. The molecule has 0 spiro atoms. The second-order valence-electron chi connectivity index (χ2n) is 4.34. The molecule has 0 unspecified atom stereocenters. The van der Waals surface area contributed by atoms with Crippen LogP contribution in [0.25, 0.3) is 0 Å². The van der Waals surface area contributed by atoms with Crippen molar-refractivity contribution in [3.05, 3.63) is 24.3 Å². The van der Waals surface area contributed by atoms with E-state index < -0.39 is 0 Å². The number of likely N-dealkylation sites (tertiary alicyclic amines) is 1. The van der Waals surface area contributed by atoms with Gasteiger partial charge in [0.05, 0.1) is 13.7 Å². The minimum absolute atomic E-state index is 0.271. The van der Waals surface area contributed by atoms with Crippen LogP contribution in [0.2, 0.25) is 0 Å². The molecule has 1 saturated heterocycles. The molecular weight excluding hydrogens is 230 g/mol. The number of para-hydroxylation sites is 2. The molecule has 1 aliphatic rings. The lowest BCUT2D eigenvalue weighted by Gasteiger charge is -2.16. The number of hydrogen-bond acceptors (Lipinski definition) is 3. The van der Waals surface area contributed by atoms with Gasteiger partial charge < -0.3 is 14.4 Å². The maximum atomic E-state index is 11.4. The third kappa shape index (κ3) is 3.15. The number of nitrogens with zero attached hydrogens (tertiary/aromatic N) is 1. The zero-order valence-corrected chi connectivity index (χ0v) is 10.7. The zero-order valence-electron chi connectivity index (χ0n) is 10.7. The predicted molar refractivity (Wildman–Crippen MR) is 68.9 cm³/mol. The summed E-state index contributed by atoms with van der Waals surface area (Å²) in [5.41, 5.74) is 0. The molecule has 0 saturated carbocycles. The number of methoxy groups -OCH3 is 1. The number of hydrogen-bond donors (Lipinski definition) is 0. The van der Waals surface area contributed by atoms with Gasteiger partial charge in [-0.25, -0.2) is 0 Å². The SMILES string of the molecule is COc1ccccc1OCCCN1CCCC1=O. The van der Waals surface area contributed by atoms with E-state index in [1.165, 1.54) is 0 Å². The van der Waals surface area contributed by atoms with Crippen LogP contribution in [0.15, 0.2) is 24.3 Å². The van der Waals surface area contributed by atoms with E-state index in [1.807, 2.05) is 29.2 Å². The van der Waals surface area contributed by atoms with Crippen LogP contribution in [-0.4, -0.2) is 37.6 Å². The van der Waals surface area contributed by atoms with Crippen LogP contribution in [0.3, 0.4) is 0 Å². The minimum Gasteiger partial charge on any atom is -0.493 e. The smallest absolute Gasteiger partial charge is 0.222 e. The monoisotopic (exact) mass is 249 g/mol. The van der Waals surface area contributed by atoms with E-state index in [9.17, 15) is 4.79 Å². The molecule has 1 heterocycles. The summed E-state index contributed by atoms with van der Waals surface area (Å²) in [4.78, 5) is 13.3. The molecule has 2 rings (SSSR count). The second-order valence-corrected chi connectivity index (χ2v) is 4.34. The average Bonchev–Trinajstić information content (AvgIpc) is 2.81. The summed E-state index contributed by atoms with van der Waals surface area (Å²) in [5.74, 6) is 1.77. The Balaban J connectivity index is 1.73. The van der Waals surface area contributed by atoms with Crippen LogP contribution >= 0.6 is 0 Å². The van der Waals surface area contributed by atoms with Crippen molar-refractivity contribution in [3.63, 3.8) is 0 Å². The van der Waals surface area contributed by atoms with Crippen LogP contribution in [-0.2, 0) is 4.79 Å². The summed E-state index contributed by atoms with van der Waals surface area (Å²) in [6, 6.07) is 7.59. The largest absolute Gasteiger partial charge is 0.493 e. The highest BCUT2D eigenvalue weighted by Crippen LogP contribution is 2.25. The van der Waals surface area contributed by atoms with Crippen molar-refractivity contribution >= 4 is 5.91 Å². The number of benzene rings is 1. The molecule has 1 aliphatic heterocycles. The fraction of sp³-hybridized carbons (Fsp3) is 0.500. The summed E-state index contributed by atoms with van der Waals surface area (Å²) < 4.78 is 10.9. The molecule has 98 valence electrons. The van der Waals surface area contributed by atoms with Gasteiger partial charge in [-0.1, -0.05) is 12.1 Å². The van der Waals surface area contributed by atoms with Gasteiger partial charge in [0.15, 0.2) is 11.5 Å². The van der Waals surface area contributed by atoms with E-state index in [1.54, 1.807) is 7.11 Å². The highest BCUT2D eigenvalue weighted by molar-refractivity contribution is 5.77.